The molecule has 0 amide bonds. The number of aromatic nitrogens is 2. The number of rotatable bonds is 4. The van der Waals surface area contributed by atoms with E-state index >= 15 is 0 Å². The highest BCUT2D eigenvalue weighted by molar-refractivity contribution is 9.10. The Hall–Kier alpha value is -1.07. The van der Waals surface area contributed by atoms with E-state index in [1.54, 1.807) is 16.3 Å². The third-order valence-corrected chi connectivity index (χ3v) is 4.35. The van der Waals surface area contributed by atoms with E-state index in [1.807, 2.05) is 32.0 Å². The molecule has 0 unspecified atom stereocenters. The molecule has 0 bridgehead atoms. The number of nitrogens with zero attached hydrogens (tertiary/aromatic N) is 2. The van der Waals surface area contributed by atoms with Gasteiger partial charge in [0.15, 0.2) is 5.16 Å². The quantitative estimate of drug-likeness (QED) is 0.482. The molecule has 1 aromatic heterocycles. The van der Waals surface area contributed by atoms with Gasteiger partial charge in [0.2, 0.25) is 0 Å². The first-order valence-electron chi connectivity index (χ1n) is 6.00. The van der Waals surface area contributed by atoms with E-state index in [-0.39, 0.29) is 5.56 Å². The average Bonchev–Trinajstić information content (AvgIpc) is 2.37. The van der Waals surface area contributed by atoms with Crippen molar-refractivity contribution in [2.75, 3.05) is 5.75 Å². The molecule has 2 aromatic rings. The van der Waals surface area contributed by atoms with Crippen molar-refractivity contribution >= 4 is 38.6 Å². The number of hydrogen-bond acceptors (Lipinski definition) is 3. The molecule has 0 aliphatic rings. The lowest BCUT2D eigenvalue weighted by molar-refractivity contribution is 0.635. The summed E-state index contributed by atoms with van der Waals surface area (Å²) in [5.41, 5.74) is 1.82. The summed E-state index contributed by atoms with van der Waals surface area (Å²) in [5.74, 6) is 0.772. The maximum Gasteiger partial charge on any atom is 0.262 e. The molecule has 100 valence electrons. The van der Waals surface area contributed by atoms with E-state index in [2.05, 4.69) is 27.5 Å². The molecule has 5 heteroatoms. The van der Waals surface area contributed by atoms with Crippen molar-refractivity contribution in [3.63, 3.8) is 0 Å². The zero-order chi connectivity index (χ0) is 14.0. The lowest BCUT2D eigenvalue weighted by Gasteiger charge is -2.11. The lowest BCUT2D eigenvalue weighted by Crippen LogP contribution is -2.22. The molecule has 0 saturated heterocycles. The fourth-order valence-corrected chi connectivity index (χ4v) is 3.02. The van der Waals surface area contributed by atoms with Crippen LogP contribution < -0.4 is 5.56 Å². The van der Waals surface area contributed by atoms with Gasteiger partial charge in [-0.15, -0.1) is 0 Å². The van der Waals surface area contributed by atoms with Crippen molar-refractivity contribution in [3.8, 4) is 0 Å². The molecule has 0 N–H and O–H groups in total. The van der Waals surface area contributed by atoms with Crippen LogP contribution in [0.25, 0.3) is 10.9 Å². The maximum absolute atomic E-state index is 12.4. The van der Waals surface area contributed by atoms with Crippen LogP contribution in [-0.4, -0.2) is 15.3 Å². The zero-order valence-electron chi connectivity index (χ0n) is 10.9. The van der Waals surface area contributed by atoms with E-state index in [1.165, 1.54) is 0 Å². The first-order chi connectivity index (χ1) is 9.02. The molecule has 0 aliphatic carbocycles. The molecule has 3 nitrogen and oxygen atoms in total. The predicted molar refractivity (Wildman–Crippen MR) is 84.9 cm³/mol. The Morgan fingerprint density at radius 2 is 2.26 bits per heavy atom. The highest BCUT2D eigenvalue weighted by Crippen LogP contribution is 2.21. The van der Waals surface area contributed by atoms with Crippen LogP contribution >= 0.6 is 27.7 Å². The minimum atomic E-state index is 0.0121. The number of benzene rings is 1. The van der Waals surface area contributed by atoms with Crippen molar-refractivity contribution in [2.45, 2.75) is 25.5 Å². The summed E-state index contributed by atoms with van der Waals surface area (Å²) in [6, 6.07) is 5.59. The lowest BCUT2D eigenvalue weighted by atomic mass is 10.2. The van der Waals surface area contributed by atoms with E-state index in [0.717, 1.165) is 26.5 Å². The van der Waals surface area contributed by atoms with Crippen LogP contribution in [0.5, 0.6) is 0 Å². The van der Waals surface area contributed by atoms with Crippen LogP contribution in [-0.2, 0) is 6.54 Å². The second kappa shape index (κ2) is 5.92. The fraction of sp³-hybridized carbons (Fsp3) is 0.286. The second-order valence-corrected chi connectivity index (χ2v) is 6.21. The highest BCUT2D eigenvalue weighted by atomic mass is 79.9. The molecule has 0 fully saturated rings. The monoisotopic (exact) mass is 338 g/mol. The molecule has 2 rings (SSSR count). The standard InChI is InChI=1S/C14H15BrN2OS/c1-4-17-13(18)11-7-10(15)5-6-12(11)16-14(17)19-8-9(2)3/h5-7H,2,4,8H2,1,3H3. The summed E-state index contributed by atoms with van der Waals surface area (Å²) in [6.07, 6.45) is 0. The Balaban J connectivity index is 2.61. The molecule has 0 atom stereocenters. The number of hydrogen-bond donors (Lipinski definition) is 0. The van der Waals surface area contributed by atoms with Crippen LogP contribution in [0.2, 0.25) is 0 Å². The summed E-state index contributed by atoms with van der Waals surface area (Å²) >= 11 is 4.94. The van der Waals surface area contributed by atoms with Crippen LogP contribution in [0.3, 0.4) is 0 Å². The van der Waals surface area contributed by atoms with Gasteiger partial charge in [-0.25, -0.2) is 4.98 Å². The number of thioether (sulfide) groups is 1. The van der Waals surface area contributed by atoms with Gasteiger partial charge >= 0.3 is 0 Å². The van der Waals surface area contributed by atoms with Gasteiger partial charge in [-0.05, 0) is 32.0 Å². The summed E-state index contributed by atoms with van der Waals surface area (Å²) in [6.45, 7) is 8.43. The van der Waals surface area contributed by atoms with Gasteiger partial charge in [0.25, 0.3) is 5.56 Å². The van der Waals surface area contributed by atoms with Gasteiger partial charge in [-0.1, -0.05) is 39.8 Å². The van der Waals surface area contributed by atoms with Crippen LogP contribution in [0.1, 0.15) is 13.8 Å². The fourth-order valence-electron chi connectivity index (χ4n) is 1.75. The third kappa shape index (κ3) is 3.09. The summed E-state index contributed by atoms with van der Waals surface area (Å²) in [7, 11) is 0. The van der Waals surface area contributed by atoms with Gasteiger partial charge < -0.3 is 0 Å². The average molecular weight is 339 g/mol. The molecule has 1 heterocycles. The van der Waals surface area contributed by atoms with E-state index in [4.69, 9.17) is 0 Å². The van der Waals surface area contributed by atoms with Crippen LogP contribution in [0, 0.1) is 0 Å². The van der Waals surface area contributed by atoms with Gasteiger partial charge in [0.1, 0.15) is 0 Å². The van der Waals surface area contributed by atoms with Crippen molar-refractivity contribution in [1.29, 1.82) is 0 Å². The summed E-state index contributed by atoms with van der Waals surface area (Å²) in [4.78, 5) is 17.0. The van der Waals surface area contributed by atoms with E-state index in [0.29, 0.717) is 11.9 Å². The van der Waals surface area contributed by atoms with Crippen molar-refractivity contribution in [3.05, 3.63) is 45.2 Å². The number of fused-ring (bicyclic) bond motifs is 1. The van der Waals surface area contributed by atoms with Crippen molar-refractivity contribution in [1.82, 2.24) is 9.55 Å². The minimum Gasteiger partial charge on any atom is -0.287 e. The molecule has 0 radical (unpaired) electrons. The Morgan fingerprint density at radius 3 is 2.89 bits per heavy atom. The largest absolute Gasteiger partial charge is 0.287 e. The maximum atomic E-state index is 12.4. The first-order valence-corrected chi connectivity index (χ1v) is 7.78. The van der Waals surface area contributed by atoms with E-state index in [9.17, 15) is 4.79 Å². The molecule has 19 heavy (non-hydrogen) atoms. The third-order valence-electron chi connectivity index (χ3n) is 2.65. The first kappa shape index (κ1) is 14.3. The predicted octanol–water partition coefficient (Wildman–Crippen LogP) is 3.85. The summed E-state index contributed by atoms with van der Waals surface area (Å²) < 4.78 is 2.60. The molecule has 0 saturated carbocycles. The number of halogens is 1. The van der Waals surface area contributed by atoms with Gasteiger partial charge in [-0.2, -0.15) is 0 Å². The minimum absolute atomic E-state index is 0.0121. The Kier molecular flexibility index (Phi) is 4.47. The zero-order valence-corrected chi connectivity index (χ0v) is 13.3. The Labute approximate surface area is 124 Å². The van der Waals surface area contributed by atoms with Crippen molar-refractivity contribution in [2.24, 2.45) is 0 Å². The Bertz CT molecular complexity index is 694. The SMILES string of the molecule is C=C(C)CSc1nc2ccc(Br)cc2c(=O)n1CC. The van der Waals surface area contributed by atoms with E-state index < -0.39 is 0 Å². The van der Waals surface area contributed by atoms with Crippen LogP contribution in [0.15, 0.2) is 44.8 Å². The normalized spacial score (nSPS) is 10.9. The molecule has 1 aromatic carbocycles. The molecular weight excluding hydrogens is 324 g/mol. The van der Waals surface area contributed by atoms with Crippen LogP contribution in [0.4, 0.5) is 0 Å². The second-order valence-electron chi connectivity index (χ2n) is 4.35. The Morgan fingerprint density at radius 1 is 1.53 bits per heavy atom. The van der Waals surface area contributed by atoms with Gasteiger partial charge in [0, 0.05) is 16.8 Å². The van der Waals surface area contributed by atoms with Crippen molar-refractivity contribution < 1.29 is 0 Å². The van der Waals surface area contributed by atoms with Gasteiger partial charge in [0.05, 0.1) is 10.9 Å². The highest BCUT2D eigenvalue weighted by Gasteiger charge is 2.10. The molecular formula is C14H15BrN2OS. The topological polar surface area (TPSA) is 34.9 Å². The molecule has 0 spiro atoms. The smallest absolute Gasteiger partial charge is 0.262 e. The van der Waals surface area contributed by atoms with Gasteiger partial charge in [-0.3, -0.25) is 9.36 Å². The summed E-state index contributed by atoms with van der Waals surface area (Å²) in [5, 5.41) is 1.40. The molecule has 0 aliphatic heterocycles.